The Balaban J connectivity index is 1.69. The maximum absolute atomic E-state index is 11.7. The smallest absolute Gasteiger partial charge is 0.305 e. The zero-order valence-corrected chi connectivity index (χ0v) is 18.5. The molecule has 0 aromatic heterocycles. The van der Waals surface area contributed by atoms with Crippen molar-refractivity contribution in [1.29, 1.82) is 0 Å². The predicted octanol–water partition coefficient (Wildman–Crippen LogP) is 6.71. The molecule has 156 valence electrons. The fraction of sp³-hybridized carbons (Fsp3) is 0.731. The van der Waals surface area contributed by atoms with Crippen LogP contribution < -0.4 is 0 Å². The third-order valence-corrected chi connectivity index (χ3v) is 6.19. The molecule has 28 heavy (non-hydrogen) atoms. The van der Waals surface area contributed by atoms with E-state index in [-0.39, 0.29) is 5.97 Å². The summed E-state index contributed by atoms with van der Waals surface area (Å²) >= 11 is 0. The van der Waals surface area contributed by atoms with Crippen molar-refractivity contribution in [2.75, 3.05) is 6.61 Å². The van der Waals surface area contributed by atoms with Crippen LogP contribution in [0.25, 0.3) is 0 Å². The molecule has 2 saturated carbocycles. The molecule has 0 aromatic rings. The molecule has 0 amide bonds. The third-order valence-electron chi connectivity index (χ3n) is 6.19. The summed E-state index contributed by atoms with van der Waals surface area (Å²) in [7, 11) is 0. The number of ether oxygens (including phenoxy) is 1. The molecule has 0 aromatic carbocycles. The number of unbranched alkanes of at least 4 members (excludes halogenated alkanes) is 1. The molecule has 4 atom stereocenters. The van der Waals surface area contributed by atoms with E-state index < -0.39 is 0 Å². The van der Waals surface area contributed by atoms with Gasteiger partial charge < -0.3 is 4.74 Å². The average Bonchev–Trinajstić information content (AvgIpc) is 3.23. The highest BCUT2D eigenvalue weighted by molar-refractivity contribution is 5.69. The van der Waals surface area contributed by atoms with E-state index in [0.29, 0.717) is 24.9 Å². The Labute approximate surface area is 173 Å². The van der Waals surface area contributed by atoms with Gasteiger partial charge in [-0.15, -0.1) is 11.8 Å². The monoisotopic (exact) mass is 384 g/mol. The lowest BCUT2D eigenvalue weighted by Gasteiger charge is -2.14. The fourth-order valence-electron chi connectivity index (χ4n) is 4.61. The number of carbonyl (C=O) groups is 1. The molecule has 0 radical (unpaired) electrons. The molecule has 0 spiro atoms. The Morgan fingerprint density at radius 1 is 1.25 bits per heavy atom. The van der Waals surface area contributed by atoms with Crippen LogP contribution in [0, 0.1) is 41.4 Å². The van der Waals surface area contributed by atoms with Gasteiger partial charge in [0.1, 0.15) is 0 Å². The summed E-state index contributed by atoms with van der Waals surface area (Å²) in [5.41, 5.74) is 1.63. The summed E-state index contributed by atoms with van der Waals surface area (Å²) < 4.78 is 5.25. The van der Waals surface area contributed by atoms with Gasteiger partial charge in [0.2, 0.25) is 0 Å². The zero-order valence-electron chi connectivity index (χ0n) is 18.5. The van der Waals surface area contributed by atoms with E-state index in [1.54, 1.807) is 5.57 Å². The molecule has 2 aliphatic rings. The molecular weight excluding hydrogens is 344 g/mol. The molecule has 3 unspecified atom stereocenters. The van der Waals surface area contributed by atoms with Crippen molar-refractivity contribution >= 4 is 5.97 Å². The van der Waals surface area contributed by atoms with Crippen LogP contribution in [0.5, 0.6) is 0 Å². The molecular formula is C26H40O2. The lowest BCUT2D eigenvalue weighted by atomic mass is 9.91. The third kappa shape index (κ3) is 7.86. The highest BCUT2D eigenvalue weighted by atomic mass is 16.5. The molecule has 0 heterocycles. The molecule has 2 fully saturated rings. The van der Waals surface area contributed by atoms with Crippen molar-refractivity contribution in [3.63, 3.8) is 0 Å². The molecule has 0 aliphatic heterocycles. The van der Waals surface area contributed by atoms with E-state index in [2.05, 4.69) is 50.8 Å². The van der Waals surface area contributed by atoms with E-state index >= 15 is 0 Å². The Kier molecular flexibility index (Phi) is 9.89. The van der Waals surface area contributed by atoms with Crippen LogP contribution in [0.2, 0.25) is 0 Å². The van der Waals surface area contributed by atoms with Crippen molar-refractivity contribution in [1.82, 2.24) is 0 Å². The Morgan fingerprint density at radius 2 is 2.07 bits per heavy atom. The summed E-state index contributed by atoms with van der Waals surface area (Å²) in [5.74, 6) is 9.73. The second-order valence-corrected chi connectivity index (χ2v) is 9.30. The standard InChI is InChI=1S/C26H40O2/c1-5-6-10-21(4)11-9-13-23-15-16-24-17-22(18-25(23)24)12-7-8-14-26(27)28-19-20(2)3/h9,12-13,20-21,23-25H,7-8,10-11,14-19H2,1-4H3/b13-9+,22-12+/t21?,23-,24?,25?/m0/s1. The first-order valence-electron chi connectivity index (χ1n) is 11.4. The molecule has 0 N–H and O–H groups in total. The first-order valence-corrected chi connectivity index (χ1v) is 11.4. The van der Waals surface area contributed by atoms with Crippen LogP contribution in [0.4, 0.5) is 0 Å². The maximum atomic E-state index is 11.7. The lowest BCUT2D eigenvalue weighted by molar-refractivity contribution is -0.144. The van der Waals surface area contributed by atoms with Gasteiger partial charge in [0.15, 0.2) is 0 Å². The van der Waals surface area contributed by atoms with Crippen molar-refractivity contribution in [3.05, 3.63) is 23.8 Å². The van der Waals surface area contributed by atoms with Crippen molar-refractivity contribution in [3.8, 4) is 11.8 Å². The Morgan fingerprint density at radius 3 is 2.82 bits per heavy atom. The van der Waals surface area contributed by atoms with Crippen LogP contribution in [-0.2, 0) is 9.53 Å². The van der Waals surface area contributed by atoms with Gasteiger partial charge in [-0.2, -0.15) is 0 Å². The number of esters is 1. The SMILES string of the molecule is CC#CCC(C)C/C=C/[C@H]1CCC2C/C(=C\CCCC(=O)OCC(C)C)CC21. The van der Waals surface area contributed by atoms with Gasteiger partial charge in [0.05, 0.1) is 6.61 Å². The van der Waals surface area contributed by atoms with Gasteiger partial charge >= 0.3 is 5.97 Å². The van der Waals surface area contributed by atoms with E-state index in [0.717, 1.165) is 43.4 Å². The first-order chi connectivity index (χ1) is 13.5. The second kappa shape index (κ2) is 12.2. The maximum Gasteiger partial charge on any atom is 0.305 e. The van der Waals surface area contributed by atoms with E-state index in [4.69, 9.17) is 4.74 Å². The second-order valence-electron chi connectivity index (χ2n) is 9.30. The molecule has 0 bridgehead atoms. The van der Waals surface area contributed by atoms with E-state index in [1.165, 1.54) is 25.7 Å². The number of allylic oxidation sites excluding steroid dienone is 4. The van der Waals surface area contributed by atoms with Crippen LogP contribution in [0.15, 0.2) is 23.8 Å². The highest BCUT2D eigenvalue weighted by Gasteiger charge is 2.39. The van der Waals surface area contributed by atoms with Gasteiger partial charge in [-0.25, -0.2) is 0 Å². The predicted molar refractivity (Wildman–Crippen MR) is 118 cm³/mol. The van der Waals surface area contributed by atoms with Gasteiger partial charge in [-0.05, 0) is 81.5 Å². The Hall–Kier alpha value is -1.49. The number of carbonyl (C=O) groups excluding carboxylic acids is 1. The quantitative estimate of drug-likeness (QED) is 0.181. The van der Waals surface area contributed by atoms with Gasteiger partial charge in [-0.3, -0.25) is 4.79 Å². The van der Waals surface area contributed by atoms with E-state index in [1.807, 2.05) is 6.92 Å². The van der Waals surface area contributed by atoms with Gasteiger partial charge in [0, 0.05) is 12.8 Å². The number of fused-ring (bicyclic) bond motifs is 1. The van der Waals surface area contributed by atoms with Crippen LogP contribution in [0.3, 0.4) is 0 Å². The molecule has 2 aliphatic carbocycles. The molecule has 2 rings (SSSR count). The molecule has 2 heteroatoms. The number of hydrogen-bond acceptors (Lipinski definition) is 2. The lowest BCUT2D eigenvalue weighted by Crippen LogP contribution is -2.09. The summed E-state index contributed by atoms with van der Waals surface area (Å²) in [5, 5.41) is 0. The number of rotatable bonds is 10. The molecule has 0 saturated heterocycles. The van der Waals surface area contributed by atoms with Gasteiger partial charge in [0.25, 0.3) is 0 Å². The largest absolute Gasteiger partial charge is 0.465 e. The van der Waals surface area contributed by atoms with Crippen LogP contribution >= 0.6 is 0 Å². The fourth-order valence-corrected chi connectivity index (χ4v) is 4.61. The van der Waals surface area contributed by atoms with Crippen molar-refractivity contribution in [2.24, 2.45) is 29.6 Å². The zero-order chi connectivity index (χ0) is 20.4. The normalized spacial score (nSPS) is 26.5. The summed E-state index contributed by atoms with van der Waals surface area (Å²) in [6.07, 6.45) is 17.3. The Bertz CT molecular complexity index is 602. The van der Waals surface area contributed by atoms with E-state index in [9.17, 15) is 4.79 Å². The highest BCUT2D eigenvalue weighted by Crippen LogP contribution is 2.50. The minimum Gasteiger partial charge on any atom is -0.465 e. The van der Waals surface area contributed by atoms with Crippen LogP contribution in [0.1, 0.15) is 85.5 Å². The van der Waals surface area contributed by atoms with Gasteiger partial charge in [-0.1, -0.05) is 44.6 Å². The van der Waals surface area contributed by atoms with Crippen molar-refractivity contribution < 1.29 is 9.53 Å². The average molecular weight is 385 g/mol. The minimum atomic E-state index is -0.0419. The summed E-state index contributed by atoms with van der Waals surface area (Å²) in [6, 6.07) is 0. The minimum absolute atomic E-state index is 0.0419. The first kappa shape index (κ1) is 22.8. The van der Waals surface area contributed by atoms with Crippen LogP contribution in [-0.4, -0.2) is 12.6 Å². The number of hydrogen-bond donors (Lipinski definition) is 0. The topological polar surface area (TPSA) is 26.3 Å². The summed E-state index contributed by atoms with van der Waals surface area (Å²) in [4.78, 5) is 11.7. The van der Waals surface area contributed by atoms with Crippen molar-refractivity contribution in [2.45, 2.75) is 85.5 Å². The summed E-state index contributed by atoms with van der Waals surface area (Å²) in [6.45, 7) is 8.90. The molecule has 2 nitrogen and oxygen atoms in total.